The van der Waals surface area contributed by atoms with Crippen LogP contribution in [-0.4, -0.2) is 33.7 Å². The molecule has 1 aromatic heterocycles. The van der Waals surface area contributed by atoms with Gasteiger partial charge in [0, 0.05) is 22.1 Å². The molecule has 0 aliphatic carbocycles. The third kappa shape index (κ3) is 4.74. The van der Waals surface area contributed by atoms with Gasteiger partial charge in [0.15, 0.2) is 11.5 Å². The van der Waals surface area contributed by atoms with Crippen LogP contribution in [0.1, 0.15) is 17.4 Å². The molecule has 0 saturated heterocycles. The predicted octanol–water partition coefficient (Wildman–Crippen LogP) is 3.82. The van der Waals surface area contributed by atoms with E-state index < -0.39 is 10.4 Å². The predicted molar refractivity (Wildman–Crippen MR) is 109 cm³/mol. The van der Waals surface area contributed by atoms with Crippen LogP contribution in [0.25, 0.3) is 10.8 Å². The standard InChI is InChI=1S/C19H21NO6S2/c1-20-11-10-16(18-7-4-12-27-18)25-15-6-3-5-14-13(15)8-9-17(24-2)19(14)26-28(21,22)23/h3-9,12,16,20H,10-11H2,1-2H3,(H,21,22,23)/t16-/m0/s1. The second-order valence-electron chi connectivity index (χ2n) is 5.97. The van der Waals surface area contributed by atoms with E-state index in [1.165, 1.54) is 7.11 Å². The van der Waals surface area contributed by atoms with E-state index in [2.05, 4.69) is 5.32 Å². The molecule has 0 unspecified atom stereocenters. The molecule has 0 saturated carbocycles. The van der Waals surface area contributed by atoms with Gasteiger partial charge in [-0.2, -0.15) is 8.42 Å². The first kappa shape index (κ1) is 20.4. The van der Waals surface area contributed by atoms with Gasteiger partial charge in [-0.05, 0) is 43.2 Å². The minimum atomic E-state index is -4.71. The number of methoxy groups -OCH3 is 1. The molecule has 2 aromatic carbocycles. The minimum Gasteiger partial charge on any atom is -0.493 e. The Kier molecular flexibility index (Phi) is 6.40. The van der Waals surface area contributed by atoms with E-state index in [0.29, 0.717) is 16.5 Å². The molecule has 0 spiro atoms. The van der Waals surface area contributed by atoms with E-state index in [9.17, 15) is 8.42 Å². The lowest BCUT2D eigenvalue weighted by Gasteiger charge is -2.20. The van der Waals surface area contributed by atoms with Crippen molar-refractivity contribution in [2.45, 2.75) is 12.5 Å². The van der Waals surface area contributed by atoms with Crippen molar-refractivity contribution in [1.82, 2.24) is 5.32 Å². The van der Waals surface area contributed by atoms with Crippen molar-refractivity contribution < 1.29 is 26.6 Å². The van der Waals surface area contributed by atoms with E-state index >= 15 is 0 Å². The molecule has 1 atom stereocenters. The highest BCUT2D eigenvalue weighted by molar-refractivity contribution is 7.81. The number of hydrogen-bond donors (Lipinski definition) is 2. The van der Waals surface area contributed by atoms with Gasteiger partial charge in [-0.15, -0.1) is 11.3 Å². The lowest BCUT2D eigenvalue weighted by atomic mass is 10.1. The zero-order chi connectivity index (χ0) is 20.1. The highest BCUT2D eigenvalue weighted by atomic mass is 32.3. The van der Waals surface area contributed by atoms with E-state index in [1.807, 2.05) is 30.6 Å². The van der Waals surface area contributed by atoms with Gasteiger partial charge in [0.25, 0.3) is 0 Å². The van der Waals surface area contributed by atoms with Gasteiger partial charge in [-0.25, -0.2) is 0 Å². The number of benzene rings is 2. The van der Waals surface area contributed by atoms with Gasteiger partial charge in [0.05, 0.1) is 7.11 Å². The Morgan fingerprint density at radius 2 is 1.93 bits per heavy atom. The molecule has 0 amide bonds. The van der Waals surface area contributed by atoms with Crippen LogP contribution in [0.4, 0.5) is 0 Å². The number of rotatable bonds is 9. The van der Waals surface area contributed by atoms with Crippen LogP contribution in [0.5, 0.6) is 17.2 Å². The Bertz CT molecular complexity index is 1030. The maximum atomic E-state index is 11.3. The summed E-state index contributed by atoms with van der Waals surface area (Å²) in [5.74, 6) is 0.679. The summed E-state index contributed by atoms with van der Waals surface area (Å²) in [5.41, 5.74) is 0. The molecule has 28 heavy (non-hydrogen) atoms. The quantitative estimate of drug-likeness (QED) is 0.505. The molecule has 9 heteroatoms. The van der Waals surface area contributed by atoms with Gasteiger partial charge in [0.1, 0.15) is 11.9 Å². The summed E-state index contributed by atoms with van der Waals surface area (Å²) in [6, 6.07) is 12.6. The van der Waals surface area contributed by atoms with Crippen molar-refractivity contribution in [3.8, 4) is 17.2 Å². The van der Waals surface area contributed by atoms with Gasteiger partial charge >= 0.3 is 10.4 Å². The first-order chi connectivity index (χ1) is 13.4. The highest BCUT2D eigenvalue weighted by Crippen LogP contribution is 2.41. The van der Waals surface area contributed by atoms with Crippen molar-refractivity contribution in [2.24, 2.45) is 0 Å². The molecule has 2 N–H and O–H groups in total. The molecule has 3 aromatic rings. The van der Waals surface area contributed by atoms with E-state index in [0.717, 1.165) is 17.8 Å². The number of hydrogen-bond acceptors (Lipinski definition) is 7. The summed E-state index contributed by atoms with van der Waals surface area (Å²) in [5, 5.41) is 6.22. The normalized spacial score (nSPS) is 12.7. The van der Waals surface area contributed by atoms with E-state index in [-0.39, 0.29) is 17.6 Å². The average molecular weight is 424 g/mol. The Hall–Kier alpha value is -2.33. The Balaban J connectivity index is 2.05. The second kappa shape index (κ2) is 8.78. The van der Waals surface area contributed by atoms with Gasteiger partial charge in [0.2, 0.25) is 0 Å². The molecule has 0 radical (unpaired) electrons. The summed E-state index contributed by atoms with van der Waals surface area (Å²) < 4.78 is 48.0. The fourth-order valence-corrected chi connectivity index (χ4v) is 4.07. The van der Waals surface area contributed by atoms with Crippen molar-refractivity contribution in [3.63, 3.8) is 0 Å². The van der Waals surface area contributed by atoms with Crippen LogP contribution >= 0.6 is 11.3 Å². The third-order valence-corrected chi connectivity index (χ3v) is 5.47. The van der Waals surface area contributed by atoms with Crippen molar-refractivity contribution in [2.75, 3.05) is 20.7 Å². The number of thiophene rings is 1. The minimum absolute atomic E-state index is 0.0872. The number of fused-ring (bicyclic) bond motifs is 1. The van der Waals surface area contributed by atoms with Crippen LogP contribution in [0.2, 0.25) is 0 Å². The zero-order valence-corrected chi connectivity index (χ0v) is 17.0. The fraction of sp³-hybridized carbons (Fsp3) is 0.263. The maximum Gasteiger partial charge on any atom is 0.446 e. The van der Waals surface area contributed by atoms with Crippen molar-refractivity contribution >= 4 is 32.5 Å². The lowest BCUT2D eigenvalue weighted by molar-refractivity contribution is 0.201. The smallest absolute Gasteiger partial charge is 0.446 e. The molecule has 150 valence electrons. The molecular weight excluding hydrogens is 402 g/mol. The summed E-state index contributed by atoms with van der Waals surface area (Å²) in [4.78, 5) is 1.09. The highest BCUT2D eigenvalue weighted by Gasteiger charge is 2.20. The van der Waals surface area contributed by atoms with Crippen LogP contribution in [-0.2, 0) is 10.4 Å². The summed E-state index contributed by atoms with van der Waals surface area (Å²) >= 11 is 1.61. The number of ether oxygens (including phenoxy) is 2. The molecular formula is C19H21NO6S2. The summed E-state index contributed by atoms with van der Waals surface area (Å²) in [6.07, 6.45) is 0.601. The van der Waals surface area contributed by atoms with Crippen molar-refractivity contribution in [1.29, 1.82) is 0 Å². The zero-order valence-electron chi connectivity index (χ0n) is 15.4. The average Bonchev–Trinajstić information content (AvgIpc) is 3.19. The van der Waals surface area contributed by atoms with Crippen LogP contribution in [0.15, 0.2) is 47.8 Å². The van der Waals surface area contributed by atoms with Crippen LogP contribution in [0.3, 0.4) is 0 Å². The molecule has 0 aliphatic rings. The van der Waals surface area contributed by atoms with Gasteiger partial charge in [-0.1, -0.05) is 18.2 Å². The molecule has 3 rings (SSSR count). The molecule has 0 aliphatic heterocycles. The monoisotopic (exact) mass is 423 g/mol. The first-order valence-corrected chi connectivity index (χ1v) is 10.8. The van der Waals surface area contributed by atoms with Crippen molar-refractivity contribution in [3.05, 3.63) is 52.7 Å². The SMILES string of the molecule is CNCC[C@H](Oc1cccc2c(OS(=O)(=O)O)c(OC)ccc12)c1cccs1. The van der Waals surface area contributed by atoms with Crippen LogP contribution < -0.4 is 19.0 Å². The molecule has 0 bridgehead atoms. The first-order valence-electron chi connectivity index (χ1n) is 8.54. The second-order valence-corrected chi connectivity index (χ2v) is 7.97. The molecule has 0 fully saturated rings. The van der Waals surface area contributed by atoms with E-state index in [4.69, 9.17) is 18.2 Å². The van der Waals surface area contributed by atoms with Crippen LogP contribution in [0, 0.1) is 0 Å². The summed E-state index contributed by atoms with van der Waals surface area (Å²) in [6.45, 7) is 0.776. The Morgan fingerprint density at radius 3 is 2.57 bits per heavy atom. The molecule has 1 heterocycles. The van der Waals surface area contributed by atoms with E-state index in [1.54, 1.807) is 35.6 Å². The largest absolute Gasteiger partial charge is 0.493 e. The third-order valence-electron chi connectivity index (χ3n) is 4.13. The maximum absolute atomic E-state index is 11.3. The fourth-order valence-electron chi connectivity index (χ4n) is 2.90. The molecule has 7 nitrogen and oxygen atoms in total. The summed E-state index contributed by atoms with van der Waals surface area (Å²) in [7, 11) is -1.44. The van der Waals surface area contributed by atoms with Gasteiger partial charge < -0.3 is 19.0 Å². The topological polar surface area (TPSA) is 94.1 Å². The Labute approximate surface area is 167 Å². The lowest BCUT2D eigenvalue weighted by Crippen LogP contribution is -2.15. The Morgan fingerprint density at radius 1 is 1.11 bits per heavy atom. The van der Waals surface area contributed by atoms with Gasteiger partial charge in [-0.3, -0.25) is 4.55 Å². The number of nitrogens with one attached hydrogen (secondary N) is 1.